The molecule has 1 aromatic carbocycles. The quantitative estimate of drug-likeness (QED) is 0.332. The monoisotopic (exact) mass is 495 g/mol. The van der Waals surface area contributed by atoms with Crippen LogP contribution in [0.25, 0.3) is 0 Å². The predicted octanol–water partition coefficient (Wildman–Crippen LogP) is 5.53. The number of thiophene rings is 1. The number of hydrogen-bond donors (Lipinski definition) is 0. The number of ether oxygens (including phenoxy) is 1. The van der Waals surface area contributed by atoms with Crippen molar-refractivity contribution < 1.29 is 14.3 Å². The first kappa shape index (κ1) is 26.5. The van der Waals surface area contributed by atoms with Crippen molar-refractivity contribution in [3.8, 4) is 5.75 Å². The summed E-state index contributed by atoms with van der Waals surface area (Å²) in [6, 6.07) is 15.8. The Morgan fingerprint density at radius 2 is 1.89 bits per heavy atom. The summed E-state index contributed by atoms with van der Waals surface area (Å²) in [4.78, 5) is 31.0. The molecular formula is C28H37N3O3S. The average molecular weight is 496 g/mol. The van der Waals surface area contributed by atoms with Crippen molar-refractivity contribution in [2.24, 2.45) is 5.92 Å². The molecule has 0 saturated carbocycles. The van der Waals surface area contributed by atoms with Gasteiger partial charge in [0.2, 0.25) is 5.91 Å². The SMILES string of the molecule is CCC(C)N(Cc1cccn1Cc1cccc(OC)c1)C(=O)CN(CC(C)C)C(=O)c1cccs1. The summed E-state index contributed by atoms with van der Waals surface area (Å²) in [5.74, 6) is 0.990. The van der Waals surface area contributed by atoms with Crippen molar-refractivity contribution in [2.75, 3.05) is 20.2 Å². The second kappa shape index (κ2) is 12.6. The Morgan fingerprint density at radius 3 is 2.54 bits per heavy atom. The second-order valence-electron chi connectivity index (χ2n) is 9.31. The third-order valence-electron chi connectivity index (χ3n) is 6.12. The molecule has 0 aliphatic rings. The predicted molar refractivity (Wildman–Crippen MR) is 142 cm³/mol. The molecule has 0 fully saturated rings. The molecule has 2 aromatic heterocycles. The van der Waals surface area contributed by atoms with E-state index in [0.717, 1.165) is 23.4 Å². The van der Waals surface area contributed by atoms with Crippen LogP contribution < -0.4 is 4.74 Å². The van der Waals surface area contributed by atoms with E-state index >= 15 is 0 Å². The van der Waals surface area contributed by atoms with Gasteiger partial charge in [-0.2, -0.15) is 0 Å². The average Bonchev–Trinajstić information content (AvgIpc) is 3.53. The Kier molecular flexibility index (Phi) is 9.55. The fraction of sp³-hybridized carbons (Fsp3) is 0.429. The molecule has 7 heteroatoms. The van der Waals surface area contributed by atoms with Crippen molar-refractivity contribution in [1.82, 2.24) is 14.4 Å². The summed E-state index contributed by atoms with van der Waals surface area (Å²) in [5.41, 5.74) is 2.19. The summed E-state index contributed by atoms with van der Waals surface area (Å²) in [5, 5.41) is 1.89. The number of carbonyl (C=O) groups is 2. The molecule has 0 N–H and O–H groups in total. The fourth-order valence-electron chi connectivity index (χ4n) is 4.07. The van der Waals surface area contributed by atoms with E-state index in [1.807, 2.05) is 52.9 Å². The highest BCUT2D eigenvalue weighted by Gasteiger charge is 2.26. The molecule has 35 heavy (non-hydrogen) atoms. The molecule has 0 aliphatic carbocycles. The van der Waals surface area contributed by atoms with Crippen LogP contribution in [0.2, 0.25) is 0 Å². The van der Waals surface area contributed by atoms with Gasteiger partial charge in [0.15, 0.2) is 0 Å². The molecule has 3 aromatic rings. The van der Waals surface area contributed by atoms with Crippen LogP contribution in [0.5, 0.6) is 5.75 Å². The smallest absolute Gasteiger partial charge is 0.264 e. The van der Waals surface area contributed by atoms with Crippen LogP contribution in [0.15, 0.2) is 60.1 Å². The summed E-state index contributed by atoms with van der Waals surface area (Å²) in [6.45, 7) is 10.1. The molecule has 0 radical (unpaired) electrons. The van der Waals surface area contributed by atoms with E-state index in [0.29, 0.717) is 24.5 Å². The molecule has 2 amide bonds. The van der Waals surface area contributed by atoms with Crippen LogP contribution in [-0.2, 0) is 17.9 Å². The second-order valence-corrected chi connectivity index (χ2v) is 10.3. The Bertz CT molecular complexity index is 1090. The summed E-state index contributed by atoms with van der Waals surface area (Å²) in [6.07, 6.45) is 2.88. The van der Waals surface area contributed by atoms with Gasteiger partial charge >= 0.3 is 0 Å². The van der Waals surface area contributed by atoms with Gasteiger partial charge in [-0.3, -0.25) is 9.59 Å². The minimum Gasteiger partial charge on any atom is -0.497 e. The molecule has 1 atom stereocenters. The third-order valence-corrected chi connectivity index (χ3v) is 6.97. The maximum Gasteiger partial charge on any atom is 0.264 e. The lowest BCUT2D eigenvalue weighted by molar-refractivity contribution is -0.134. The van der Waals surface area contributed by atoms with Crippen molar-refractivity contribution in [3.63, 3.8) is 0 Å². The first-order valence-corrected chi connectivity index (χ1v) is 13.1. The highest BCUT2D eigenvalue weighted by Crippen LogP contribution is 2.19. The molecular weight excluding hydrogens is 458 g/mol. The Balaban J connectivity index is 1.78. The lowest BCUT2D eigenvalue weighted by Crippen LogP contribution is -2.46. The fourth-order valence-corrected chi connectivity index (χ4v) is 4.76. The maximum atomic E-state index is 13.6. The number of methoxy groups -OCH3 is 1. The van der Waals surface area contributed by atoms with Gasteiger partial charge in [0, 0.05) is 31.0 Å². The van der Waals surface area contributed by atoms with Gasteiger partial charge in [-0.25, -0.2) is 0 Å². The summed E-state index contributed by atoms with van der Waals surface area (Å²) in [7, 11) is 1.67. The van der Waals surface area contributed by atoms with Gasteiger partial charge in [-0.05, 0) is 60.5 Å². The van der Waals surface area contributed by atoms with Crippen molar-refractivity contribution in [1.29, 1.82) is 0 Å². The first-order chi connectivity index (χ1) is 16.8. The van der Waals surface area contributed by atoms with Crippen LogP contribution >= 0.6 is 11.3 Å². The van der Waals surface area contributed by atoms with Gasteiger partial charge in [0.25, 0.3) is 5.91 Å². The molecule has 6 nitrogen and oxygen atoms in total. The molecule has 3 rings (SSSR count). The van der Waals surface area contributed by atoms with E-state index in [2.05, 4.69) is 44.4 Å². The molecule has 0 bridgehead atoms. The van der Waals surface area contributed by atoms with E-state index in [-0.39, 0.29) is 30.3 Å². The van der Waals surface area contributed by atoms with Gasteiger partial charge < -0.3 is 19.1 Å². The van der Waals surface area contributed by atoms with Gasteiger partial charge in [0.05, 0.1) is 18.5 Å². The standard InChI is InChI=1S/C28H37N3O3S/c1-6-22(4)31(27(32)20-30(17-21(2)3)28(33)26-13-9-15-35-26)19-24-11-8-14-29(24)18-23-10-7-12-25(16-23)34-5/h7-16,21-22H,6,17-20H2,1-5H3. The Hall–Kier alpha value is -3.06. The number of nitrogens with zero attached hydrogens (tertiary/aromatic N) is 3. The summed E-state index contributed by atoms with van der Waals surface area (Å²) < 4.78 is 7.53. The summed E-state index contributed by atoms with van der Waals surface area (Å²) >= 11 is 1.41. The minimum absolute atomic E-state index is 0.0287. The van der Waals surface area contributed by atoms with Gasteiger partial charge in [-0.1, -0.05) is 39.0 Å². The van der Waals surface area contributed by atoms with E-state index in [9.17, 15) is 9.59 Å². The van der Waals surface area contributed by atoms with Gasteiger partial charge in [0.1, 0.15) is 12.3 Å². The molecule has 1 unspecified atom stereocenters. The zero-order valence-electron chi connectivity index (χ0n) is 21.4. The van der Waals surface area contributed by atoms with Crippen molar-refractivity contribution in [3.05, 3.63) is 76.2 Å². The maximum absolute atomic E-state index is 13.6. The number of benzene rings is 1. The highest BCUT2D eigenvalue weighted by molar-refractivity contribution is 7.12. The topological polar surface area (TPSA) is 54.8 Å². The van der Waals surface area contributed by atoms with Crippen molar-refractivity contribution >= 4 is 23.2 Å². The number of aromatic nitrogens is 1. The Morgan fingerprint density at radius 1 is 1.09 bits per heavy atom. The minimum atomic E-state index is -0.0763. The van der Waals surface area contributed by atoms with Crippen LogP contribution in [-0.4, -0.2) is 52.4 Å². The van der Waals surface area contributed by atoms with Crippen LogP contribution in [0.3, 0.4) is 0 Å². The van der Waals surface area contributed by atoms with Gasteiger partial charge in [-0.15, -0.1) is 11.3 Å². The zero-order valence-corrected chi connectivity index (χ0v) is 22.3. The van der Waals surface area contributed by atoms with Crippen LogP contribution in [0, 0.1) is 5.92 Å². The molecule has 2 heterocycles. The normalized spacial score (nSPS) is 11.9. The van der Waals surface area contributed by atoms with E-state index in [4.69, 9.17) is 4.74 Å². The molecule has 0 spiro atoms. The zero-order chi connectivity index (χ0) is 25.4. The number of amides is 2. The largest absolute Gasteiger partial charge is 0.497 e. The van der Waals surface area contributed by atoms with E-state index in [1.54, 1.807) is 12.0 Å². The lowest BCUT2D eigenvalue weighted by atomic mass is 10.1. The number of rotatable bonds is 12. The molecule has 0 saturated heterocycles. The first-order valence-electron chi connectivity index (χ1n) is 12.2. The van der Waals surface area contributed by atoms with E-state index < -0.39 is 0 Å². The highest BCUT2D eigenvalue weighted by atomic mass is 32.1. The van der Waals surface area contributed by atoms with Crippen molar-refractivity contribution in [2.45, 2.75) is 53.2 Å². The molecule has 0 aliphatic heterocycles. The Labute approximate surface area is 213 Å². The van der Waals surface area contributed by atoms with Crippen LogP contribution in [0.4, 0.5) is 0 Å². The molecule has 188 valence electrons. The lowest BCUT2D eigenvalue weighted by Gasteiger charge is -2.32. The van der Waals surface area contributed by atoms with Crippen LogP contribution in [0.1, 0.15) is 55.0 Å². The third kappa shape index (κ3) is 7.21. The number of hydrogen-bond acceptors (Lipinski definition) is 4. The van der Waals surface area contributed by atoms with E-state index in [1.165, 1.54) is 11.3 Å². The number of carbonyl (C=O) groups excluding carboxylic acids is 2.